The van der Waals surface area contributed by atoms with Crippen LogP contribution in [0.4, 0.5) is 10.5 Å². The highest BCUT2D eigenvalue weighted by molar-refractivity contribution is 5.89. The highest BCUT2D eigenvalue weighted by Crippen LogP contribution is 2.30. The monoisotopic (exact) mass is 394 g/mol. The first-order chi connectivity index (χ1) is 14.0. The van der Waals surface area contributed by atoms with Crippen molar-refractivity contribution in [3.05, 3.63) is 48.0 Å². The molecule has 3 N–H and O–H groups in total. The molecule has 1 saturated heterocycles. The van der Waals surface area contributed by atoms with E-state index in [4.69, 9.17) is 9.72 Å². The Bertz CT molecular complexity index is 1000. The van der Waals surface area contributed by atoms with Gasteiger partial charge in [0.05, 0.1) is 36.1 Å². The van der Waals surface area contributed by atoms with Gasteiger partial charge in [0, 0.05) is 24.3 Å². The smallest absolute Gasteiger partial charge is 0.319 e. The second-order valence-electron chi connectivity index (χ2n) is 7.51. The van der Waals surface area contributed by atoms with E-state index in [1.54, 1.807) is 13.3 Å². The molecular formula is C21H26N6O2. The molecule has 0 bridgehead atoms. The summed E-state index contributed by atoms with van der Waals surface area (Å²) in [6.07, 6.45) is 3.34. The van der Waals surface area contributed by atoms with Crippen LogP contribution in [0.2, 0.25) is 0 Å². The number of likely N-dealkylation sites (tertiary alicyclic amines) is 1. The first kappa shape index (κ1) is 19.2. The number of aryl methyl sites for hydroxylation is 1. The SMILES string of the molecule is COc1ccc2[nH]c([C@H]3C[C@H](NC(=O)Nc4ccc(C)nc4)CCN3C)nc2c1. The van der Waals surface area contributed by atoms with Gasteiger partial charge < -0.3 is 20.4 Å². The third-order valence-electron chi connectivity index (χ3n) is 5.40. The van der Waals surface area contributed by atoms with E-state index in [1.807, 2.05) is 37.3 Å². The summed E-state index contributed by atoms with van der Waals surface area (Å²) < 4.78 is 5.29. The number of fused-ring (bicyclic) bond motifs is 1. The van der Waals surface area contributed by atoms with Gasteiger partial charge >= 0.3 is 6.03 Å². The second-order valence-corrected chi connectivity index (χ2v) is 7.51. The van der Waals surface area contributed by atoms with Gasteiger partial charge in [-0.3, -0.25) is 9.88 Å². The third-order valence-corrected chi connectivity index (χ3v) is 5.40. The summed E-state index contributed by atoms with van der Waals surface area (Å²) in [4.78, 5) is 27.1. The van der Waals surface area contributed by atoms with Crippen LogP contribution in [0.15, 0.2) is 36.5 Å². The molecule has 2 amide bonds. The van der Waals surface area contributed by atoms with E-state index < -0.39 is 0 Å². The number of nitrogens with zero attached hydrogens (tertiary/aromatic N) is 3. The fourth-order valence-electron chi connectivity index (χ4n) is 3.72. The zero-order valence-corrected chi connectivity index (χ0v) is 16.9. The van der Waals surface area contributed by atoms with Crippen molar-refractivity contribution in [3.8, 4) is 5.75 Å². The lowest BCUT2D eigenvalue weighted by atomic mass is 9.97. The molecule has 8 nitrogen and oxygen atoms in total. The van der Waals surface area contributed by atoms with Crippen LogP contribution >= 0.6 is 0 Å². The van der Waals surface area contributed by atoms with Crippen molar-refractivity contribution in [1.29, 1.82) is 0 Å². The Kier molecular flexibility index (Phi) is 5.35. The number of carbonyl (C=O) groups is 1. The number of hydrogen-bond donors (Lipinski definition) is 3. The molecule has 0 spiro atoms. The lowest BCUT2D eigenvalue weighted by molar-refractivity contribution is 0.153. The summed E-state index contributed by atoms with van der Waals surface area (Å²) in [5.41, 5.74) is 3.46. The van der Waals surface area contributed by atoms with Gasteiger partial charge in [-0.15, -0.1) is 0 Å². The predicted octanol–water partition coefficient (Wildman–Crippen LogP) is 3.23. The number of urea groups is 1. The van der Waals surface area contributed by atoms with E-state index in [0.717, 1.165) is 47.7 Å². The molecule has 8 heteroatoms. The number of rotatable bonds is 4. The third kappa shape index (κ3) is 4.32. The molecule has 0 unspecified atom stereocenters. The number of benzene rings is 1. The lowest BCUT2D eigenvalue weighted by Gasteiger charge is -2.36. The fraction of sp³-hybridized carbons (Fsp3) is 0.381. The van der Waals surface area contributed by atoms with Crippen molar-refractivity contribution in [2.24, 2.45) is 0 Å². The number of imidazole rings is 1. The standard InChI is InChI=1S/C21H26N6O2/c1-13-4-5-15(12-22-13)24-21(28)23-14-8-9-27(2)19(10-14)20-25-17-7-6-16(29-3)11-18(17)26-20/h4-7,11-12,14,19H,8-10H2,1-3H3,(H,25,26)(H2,23,24,28)/t14-,19-/m1/s1. The van der Waals surface area contributed by atoms with Crippen molar-refractivity contribution in [3.63, 3.8) is 0 Å². The summed E-state index contributed by atoms with van der Waals surface area (Å²) in [6, 6.07) is 9.51. The molecule has 29 heavy (non-hydrogen) atoms. The van der Waals surface area contributed by atoms with Crippen LogP contribution < -0.4 is 15.4 Å². The molecule has 0 aliphatic carbocycles. The van der Waals surface area contributed by atoms with Crippen LogP contribution in [0.5, 0.6) is 5.75 Å². The Morgan fingerprint density at radius 1 is 1.31 bits per heavy atom. The molecule has 0 radical (unpaired) electrons. The molecule has 1 fully saturated rings. The molecule has 2 atom stereocenters. The van der Waals surface area contributed by atoms with Crippen LogP contribution in [0.25, 0.3) is 11.0 Å². The number of amides is 2. The number of aromatic nitrogens is 3. The first-order valence-corrected chi connectivity index (χ1v) is 9.76. The summed E-state index contributed by atoms with van der Waals surface area (Å²) in [5, 5.41) is 5.94. The largest absolute Gasteiger partial charge is 0.497 e. The second kappa shape index (κ2) is 8.08. The summed E-state index contributed by atoms with van der Waals surface area (Å²) in [7, 11) is 3.74. The highest BCUT2D eigenvalue weighted by Gasteiger charge is 2.30. The maximum atomic E-state index is 12.4. The number of aromatic amines is 1. The Balaban J connectivity index is 1.43. The highest BCUT2D eigenvalue weighted by atomic mass is 16.5. The molecule has 1 aliphatic rings. The number of carbonyl (C=O) groups excluding carboxylic acids is 1. The quantitative estimate of drug-likeness (QED) is 0.631. The maximum absolute atomic E-state index is 12.4. The maximum Gasteiger partial charge on any atom is 0.319 e. The number of methoxy groups -OCH3 is 1. The lowest BCUT2D eigenvalue weighted by Crippen LogP contribution is -2.46. The van der Waals surface area contributed by atoms with Gasteiger partial charge in [0.2, 0.25) is 0 Å². The average Bonchev–Trinajstić information content (AvgIpc) is 3.14. The van der Waals surface area contributed by atoms with Gasteiger partial charge in [-0.05, 0) is 51.1 Å². The molecule has 1 aliphatic heterocycles. The topological polar surface area (TPSA) is 95.2 Å². The molecule has 0 saturated carbocycles. The molecule has 152 valence electrons. The summed E-state index contributed by atoms with van der Waals surface area (Å²) in [5.74, 6) is 1.69. The normalized spacial score (nSPS) is 19.8. The van der Waals surface area contributed by atoms with E-state index >= 15 is 0 Å². The fourth-order valence-corrected chi connectivity index (χ4v) is 3.72. The summed E-state index contributed by atoms with van der Waals surface area (Å²) >= 11 is 0. The van der Waals surface area contributed by atoms with E-state index in [1.165, 1.54) is 0 Å². The van der Waals surface area contributed by atoms with Crippen molar-refractivity contribution in [2.45, 2.75) is 31.8 Å². The zero-order chi connectivity index (χ0) is 20.4. The number of nitrogens with one attached hydrogen (secondary N) is 3. The van der Waals surface area contributed by atoms with E-state index in [-0.39, 0.29) is 18.1 Å². The Morgan fingerprint density at radius 3 is 2.93 bits per heavy atom. The molecule has 2 aromatic heterocycles. The number of pyridine rings is 1. The molecular weight excluding hydrogens is 368 g/mol. The molecule has 1 aromatic carbocycles. The van der Waals surface area contributed by atoms with E-state index in [0.29, 0.717) is 5.69 Å². The Hall–Kier alpha value is -3.13. The molecule has 3 aromatic rings. The van der Waals surface area contributed by atoms with Crippen molar-refractivity contribution < 1.29 is 9.53 Å². The van der Waals surface area contributed by atoms with Crippen molar-refractivity contribution in [2.75, 3.05) is 26.0 Å². The first-order valence-electron chi connectivity index (χ1n) is 9.76. The minimum atomic E-state index is -0.210. The van der Waals surface area contributed by atoms with Gasteiger partial charge in [-0.1, -0.05) is 0 Å². The number of H-pyrrole nitrogens is 1. The van der Waals surface area contributed by atoms with Gasteiger partial charge in [0.1, 0.15) is 11.6 Å². The van der Waals surface area contributed by atoms with Gasteiger partial charge in [-0.2, -0.15) is 0 Å². The van der Waals surface area contributed by atoms with Crippen LogP contribution in [-0.4, -0.2) is 52.6 Å². The zero-order valence-electron chi connectivity index (χ0n) is 16.9. The van der Waals surface area contributed by atoms with Crippen LogP contribution in [0, 0.1) is 6.92 Å². The Morgan fingerprint density at radius 2 is 2.17 bits per heavy atom. The number of piperidine rings is 1. The van der Waals surface area contributed by atoms with Crippen LogP contribution in [0.3, 0.4) is 0 Å². The minimum absolute atomic E-state index is 0.0670. The van der Waals surface area contributed by atoms with Crippen molar-refractivity contribution >= 4 is 22.8 Å². The van der Waals surface area contributed by atoms with E-state index in [9.17, 15) is 4.79 Å². The number of hydrogen-bond acceptors (Lipinski definition) is 5. The van der Waals surface area contributed by atoms with Gasteiger partial charge in [-0.25, -0.2) is 9.78 Å². The minimum Gasteiger partial charge on any atom is -0.497 e. The summed E-state index contributed by atoms with van der Waals surface area (Å²) in [6.45, 7) is 2.79. The molecule has 4 rings (SSSR count). The van der Waals surface area contributed by atoms with E-state index in [2.05, 4.69) is 32.5 Å². The number of anilines is 1. The average molecular weight is 394 g/mol. The van der Waals surface area contributed by atoms with Crippen molar-refractivity contribution in [1.82, 2.24) is 25.2 Å². The molecule has 3 heterocycles. The van der Waals surface area contributed by atoms with Crippen LogP contribution in [-0.2, 0) is 0 Å². The predicted molar refractivity (Wildman–Crippen MR) is 112 cm³/mol. The van der Waals surface area contributed by atoms with Gasteiger partial charge in [0.15, 0.2) is 0 Å². The van der Waals surface area contributed by atoms with Gasteiger partial charge in [0.25, 0.3) is 0 Å². The Labute approximate surface area is 169 Å². The van der Waals surface area contributed by atoms with Crippen LogP contribution in [0.1, 0.15) is 30.4 Å². The number of ether oxygens (including phenoxy) is 1.